The minimum Gasteiger partial charge on any atom is -0.492 e. The Bertz CT molecular complexity index is 419. The molecule has 2 rings (SSSR count). The standard InChI is InChI=1S/C13H15ClO/c1-9-7-13(2,3)8-15-12-5-4-10(14)6-11(9)12/h4-7H,8H2,1-3H3. The van der Waals surface area contributed by atoms with E-state index in [1.54, 1.807) is 0 Å². The van der Waals surface area contributed by atoms with E-state index >= 15 is 0 Å². The van der Waals surface area contributed by atoms with Gasteiger partial charge in [0.2, 0.25) is 0 Å². The molecule has 0 spiro atoms. The van der Waals surface area contributed by atoms with E-state index in [0.717, 1.165) is 16.3 Å². The first-order chi connectivity index (χ1) is 6.98. The lowest BCUT2D eigenvalue weighted by molar-refractivity contribution is 0.225. The highest BCUT2D eigenvalue weighted by molar-refractivity contribution is 6.30. The topological polar surface area (TPSA) is 9.23 Å². The molecule has 0 bridgehead atoms. The van der Waals surface area contributed by atoms with Gasteiger partial charge in [0.25, 0.3) is 0 Å². The molecule has 0 N–H and O–H groups in total. The lowest BCUT2D eigenvalue weighted by Gasteiger charge is -2.18. The van der Waals surface area contributed by atoms with Gasteiger partial charge in [-0.25, -0.2) is 0 Å². The van der Waals surface area contributed by atoms with Crippen LogP contribution in [0.4, 0.5) is 0 Å². The fraction of sp³-hybridized carbons (Fsp3) is 0.385. The van der Waals surface area contributed by atoms with Crippen LogP contribution < -0.4 is 4.74 Å². The molecule has 0 unspecified atom stereocenters. The number of rotatable bonds is 0. The van der Waals surface area contributed by atoms with E-state index in [-0.39, 0.29) is 5.41 Å². The average molecular weight is 223 g/mol. The molecule has 0 atom stereocenters. The number of ether oxygens (including phenoxy) is 1. The summed E-state index contributed by atoms with van der Waals surface area (Å²) in [5.41, 5.74) is 2.42. The molecule has 0 fully saturated rings. The summed E-state index contributed by atoms with van der Waals surface area (Å²) in [6.07, 6.45) is 2.25. The van der Waals surface area contributed by atoms with Gasteiger partial charge in [-0.1, -0.05) is 31.5 Å². The van der Waals surface area contributed by atoms with Gasteiger partial charge in [-0.3, -0.25) is 0 Å². The molecule has 1 heterocycles. The SMILES string of the molecule is CC1=CC(C)(C)COc2ccc(Cl)cc21. The third-order valence-corrected chi connectivity index (χ3v) is 2.81. The van der Waals surface area contributed by atoms with Crippen molar-refractivity contribution in [3.8, 4) is 5.75 Å². The summed E-state index contributed by atoms with van der Waals surface area (Å²) in [6.45, 7) is 7.15. The summed E-state index contributed by atoms with van der Waals surface area (Å²) >= 11 is 5.98. The van der Waals surface area contributed by atoms with Gasteiger partial charge in [0, 0.05) is 16.0 Å². The van der Waals surface area contributed by atoms with Crippen LogP contribution in [0, 0.1) is 5.41 Å². The van der Waals surface area contributed by atoms with E-state index in [1.165, 1.54) is 5.57 Å². The van der Waals surface area contributed by atoms with Crippen LogP contribution in [0.25, 0.3) is 5.57 Å². The molecule has 0 aromatic heterocycles. The Hall–Kier alpha value is -0.950. The minimum atomic E-state index is 0.0789. The maximum Gasteiger partial charge on any atom is 0.126 e. The first-order valence-corrected chi connectivity index (χ1v) is 5.48. The molecular formula is C13H15ClO. The van der Waals surface area contributed by atoms with Gasteiger partial charge in [0.1, 0.15) is 5.75 Å². The van der Waals surface area contributed by atoms with Crippen LogP contribution in [-0.4, -0.2) is 6.61 Å². The van der Waals surface area contributed by atoms with Crippen LogP contribution in [-0.2, 0) is 0 Å². The lowest BCUT2D eigenvalue weighted by atomic mass is 9.91. The molecule has 1 aromatic carbocycles. The largest absolute Gasteiger partial charge is 0.492 e. The zero-order chi connectivity index (χ0) is 11.1. The smallest absolute Gasteiger partial charge is 0.126 e. The first-order valence-electron chi connectivity index (χ1n) is 5.10. The number of halogens is 1. The second kappa shape index (κ2) is 3.57. The summed E-state index contributed by atoms with van der Waals surface area (Å²) < 4.78 is 5.78. The van der Waals surface area contributed by atoms with E-state index in [2.05, 4.69) is 26.8 Å². The maximum absolute atomic E-state index is 5.98. The van der Waals surface area contributed by atoms with Gasteiger partial charge in [-0.15, -0.1) is 0 Å². The van der Waals surface area contributed by atoms with Crippen molar-refractivity contribution in [3.63, 3.8) is 0 Å². The normalized spacial score (nSPS) is 18.5. The number of benzene rings is 1. The molecule has 15 heavy (non-hydrogen) atoms. The predicted octanol–water partition coefficient (Wildman–Crippen LogP) is 4.16. The van der Waals surface area contributed by atoms with Gasteiger partial charge < -0.3 is 4.74 Å². The van der Waals surface area contributed by atoms with Crippen LogP contribution in [0.5, 0.6) is 5.75 Å². The van der Waals surface area contributed by atoms with Crippen molar-refractivity contribution in [2.45, 2.75) is 20.8 Å². The summed E-state index contributed by atoms with van der Waals surface area (Å²) in [5.74, 6) is 0.929. The number of allylic oxidation sites excluding steroid dienone is 1. The lowest BCUT2D eigenvalue weighted by Crippen LogP contribution is -2.17. The monoisotopic (exact) mass is 222 g/mol. The molecule has 0 radical (unpaired) electrons. The van der Waals surface area contributed by atoms with Crippen molar-refractivity contribution in [1.29, 1.82) is 0 Å². The third-order valence-electron chi connectivity index (χ3n) is 2.57. The summed E-state index contributed by atoms with van der Waals surface area (Å²) in [5, 5.41) is 0.754. The zero-order valence-electron chi connectivity index (χ0n) is 9.30. The molecule has 1 aliphatic heterocycles. The number of fused-ring (bicyclic) bond motifs is 1. The highest BCUT2D eigenvalue weighted by Crippen LogP contribution is 2.35. The average Bonchev–Trinajstić information content (AvgIpc) is 2.24. The minimum absolute atomic E-state index is 0.0789. The van der Waals surface area contributed by atoms with Crippen molar-refractivity contribution in [3.05, 3.63) is 34.9 Å². The summed E-state index contributed by atoms with van der Waals surface area (Å²) in [4.78, 5) is 0. The summed E-state index contributed by atoms with van der Waals surface area (Å²) in [7, 11) is 0. The Morgan fingerprint density at radius 1 is 1.33 bits per heavy atom. The molecule has 0 saturated heterocycles. The van der Waals surface area contributed by atoms with E-state index < -0.39 is 0 Å². The van der Waals surface area contributed by atoms with Gasteiger partial charge >= 0.3 is 0 Å². The van der Waals surface area contributed by atoms with Crippen molar-refractivity contribution in [2.75, 3.05) is 6.61 Å². The zero-order valence-corrected chi connectivity index (χ0v) is 10.1. The second-order valence-electron chi connectivity index (χ2n) is 4.75. The maximum atomic E-state index is 5.98. The van der Waals surface area contributed by atoms with Gasteiger partial charge in [0.15, 0.2) is 0 Å². The molecule has 1 aliphatic rings. The third kappa shape index (κ3) is 2.18. The van der Waals surface area contributed by atoms with Crippen molar-refractivity contribution in [2.24, 2.45) is 5.41 Å². The fourth-order valence-electron chi connectivity index (χ4n) is 1.91. The van der Waals surface area contributed by atoms with Gasteiger partial charge in [-0.05, 0) is 30.7 Å². The van der Waals surface area contributed by atoms with E-state index in [9.17, 15) is 0 Å². The van der Waals surface area contributed by atoms with Crippen LogP contribution in [0.2, 0.25) is 5.02 Å². The molecule has 2 heteroatoms. The van der Waals surface area contributed by atoms with Crippen molar-refractivity contribution >= 4 is 17.2 Å². The van der Waals surface area contributed by atoms with E-state index in [4.69, 9.17) is 16.3 Å². The first kappa shape index (κ1) is 10.6. The number of hydrogen-bond donors (Lipinski definition) is 0. The second-order valence-corrected chi connectivity index (χ2v) is 5.18. The highest BCUT2D eigenvalue weighted by atomic mass is 35.5. The molecule has 0 aliphatic carbocycles. The molecule has 80 valence electrons. The Labute approximate surface area is 95.7 Å². The van der Waals surface area contributed by atoms with Gasteiger partial charge in [-0.2, -0.15) is 0 Å². The van der Waals surface area contributed by atoms with Crippen LogP contribution in [0.1, 0.15) is 26.3 Å². The van der Waals surface area contributed by atoms with Crippen LogP contribution >= 0.6 is 11.6 Å². The van der Waals surface area contributed by atoms with Gasteiger partial charge in [0.05, 0.1) is 6.61 Å². The Kier molecular flexibility index (Phi) is 2.51. The van der Waals surface area contributed by atoms with Crippen LogP contribution in [0.3, 0.4) is 0 Å². The van der Waals surface area contributed by atoms with Crippen LogP contribution in [0.15, 0.2) is 24.3 Å². The highest BCUT2D eigenvalue weighted by Gasteiger charge is 2.21. The van der Waals surface area contributed by atoms with Crippen molar-refractivity contribution in [1.82, 2.24) is 0 Å². The Balaban J connectivity index is 2.53. The molecule has 1 nitrogen and oxygen atoms in total. The molecule has 0 amide bonds. The molecule has 0 saturated carbocycles. The number of hydrogen-bond acceptors (Lipinski definition) is 1. The van der Waals surface area contributed by atoms with E-state index in [0.29, 0.717) is 6.61 Å². The quantitative estimate of drug-likeness (QED) is 0.641. The predicted molar refractivity (Wildman–Crippen MR) is 64.4 cm³/mol. The Morgan fingerprint density at radius 2 is 2.07 bits per heavy atom. The molecular weight excluding hydrogens is 208 g/mol. The fourth-order valence-corrected chi connectivity index (χ4v) is 2.08. The van der Waals surface area contributed by atoms with E-state index in [1.807, 2.05) is 18.2 Å². The van der Waals surface area contributed by atoms with Crippen molar-refractivity contribution < 1.29 is 4.74 Å². The molecule has 1 aromatic rings. The summed E-state index contributed by atoms with van der Waals surface area (Å²) in [6, 6.07) is 5.77. The Morgan fingerprint density at radius 3 is 2.80 bits per heavy atom.